The summed E-state index contributed by atoms with van der Waals surface area (Å²) in [6, 6.07) is 16.1. The summed E-state index contributed by atoms with van der Waals surface area (Å²) in [7, 11) is 0. The number of rotatable bonds is 6. The molecule has 0 unspecified atom stereocenters. The topological polar surface area (TPSA) is 24.7 Å². The van der Waals surface area contributed by atoms with Crippen LogP contribution in [0.5, 0.6) is 0 Å². The Morgan fingerprint density at radius 1 is 0.481 bits per heavy atom. The van der Waals surface area contributed by atoms with Gasteiger partial charge in [-0.15, -0.1) is 0 Å². The third-order valence-corrected chi connectivity index (χ3v) is 4.95. The van der Waals surface area contributed by atoms with Crippen molar-refractivity contribution in [3.05, 3.63) is 58.7 Å². The Labute approximate surface area is 165 Å². The molecule has 27 heavy (non-hydrogen) atoms. The van der Waals surface area contributed by atoms with Gasteiger partial charge in [0, 0.05) is 0 Å². The second-order valence-electron chi connectivity index (χ2n) is 8.66. The molecule has 0 atom stereocenters. The van der Waals surface area contributed by atoms with E-state index in [4.69, 9.17) is 0 Å². The highest BCUT2D eigenvalue weighted by Crippen LogP contribution is 2.29. The summed E-state index contributed by atoms with van der Waals surface area (Å²) in [5, 5.41) is 0. The second kappa shape index (κ2) is 9.15. The molecule has 0 amide bonds. The Kier molecular flexibility index (Phi) is 7.16. The van der Waals surface area contributed by atoms with Crippen LogP contribution >= 0.6 is 0 Å². The molecule has 0 N–H and O–H groups in total. The molecule has 2 heteroatoms. The minimum absolute atomic E-state index is 0.478. The van der Waals surface area contributed by atoms with E-state index in [9.17, 15) is 0 Å². The average Bonchev–Trinajstić information content (AvgIpc) is 2.61. The van der Waals surface area contributed by atoms with Crippen molar-refractivity contribution in [3.8, 4) is 0 Å². The highest BCUT2D eigenvalue weighted by atomic mass is 14.8. The first kappa shape index (κ1) is 21.1. The molecule has 0 aliphatic carbocycles. The first-order valence-electron chi connectivity index (χ1n) is 10.1. The largest absolute Gasteiger partial charge is 0.188 e. The Balaban J connectivity index is 2.41. The van der Waals surface area contributed by atoms with Gasteiger partial charge in [0.05, 0.1) is 11.4 Å². The molecule has 144 valence electrons. The van der Waals surface area contributed by atoms with Crippen molar-refractivity contribution in [2.45, 2.75) is 79.1 Å². The molecule has 0 heterocycles. The summed E-state index contributed by atoms with van der Waals surface area (Å²) in [5.74, 6) is 1.91. The van der Waals surface area contributed by atoms with E-state index in [1.54, 1.807) is 0 Å². The summed E-state index contributed by atoms with van der Waals surface area (Å²) in [5.41, 5.74) is 7.10. The van der Waals surface area contributed by atoms with Crippen LogP contribution in [0.3, 0.4) is 0 Å². The van der Waals surface area contributed by atoms with Crippen LogP contribution in [0.25, 0.3) is 0 Å². The van der Waals surface area contributed by atoms with E-state index in [0.29, 0.717) is 23.7 Å². The Morgan fingerprint density at radius 2 is 0.741 bits per heavy atom. The zero-order chi connectivity index (χ0) is 20.1. The second-order valence-corrected chi connectivity index (χ2v) is 8.66. The van der Waals surface area contributed by atoms with E-state index in [-0.39, 0.29) is 0 Å². The van der Waals surface area contributed by atoms with Crippen molar-refractivity contribution in [2.75, 3.05) is 0 Å². The SMILES string of the molecule is CC(C)c1cc(N=C=Nc2cc(C(C)C)cc(C(C)C)c2)cc(C(C)C)c1. The smallest absolute Gasteiger partial charge is 0.100 e. The first-order valence-corrected chi connectivity index (χ1v) is 10.1. The fourth-order valence-electron chi connectivity index (χ4n) is 2.92. The zero-order valence-electron chi connectivity index (χ0n) is 18.2. The predicted octanol–water partition coefficient (Wildman–Crippen LogP) is 8.32. The van der Waals surface area contributed by atoms with Crippen LogP contribution in [0, 0.1) is 0 Å². The van der Waals surface area contributed by atoms with Crippen LogP contribution in [0.2, 0.25) is 0 Å². The molecule has 0 fully saturated rings. The summed E-state index contributed by atoms with van der Waals surface area (Å²) in [4.78, 5) is 9.04. The fourth-order valence-corrected chi connectivity index (χ4v) is 2.92. The van der Waals surface area contributed by atoms with Crippen LogP contribution in [0.15, 0.2) is 46.4 Å². The van der Waals surface area contributed by atoms with Gasteiger partial charge in [0.25, 0.3) is 0 Å². The molecule has 2 nitrogen and oxygen atoms in total. The van der Waals surface area contributed by atoms with Crippen LogP contribution in [0.4, 0.5) is 11.4 Å². The quantitative estimate of drug-likeness (QED) is 0.461. The minimum atomic E-state index is 0.478. The molecule has 2 aromatic rings. The molecule has 0 aliphatic heterocycles. The molecule has 2 aromatic carbocycles. The monoisotopic (exact) mass is 362 g/mol. The molecule has 2 rings (SSSR count). The Morgan fingerprint density at radius 3 is 0.963 bits per heavy atom. The molecule has 0 aromatic heterocycles. The fraction of sp³-hybridized carbons (Fsp3) is 0.480. The van der Waals surface area contributed by atoms with Gasteiger partial charge in [0.15, 0.2) is 0 Å². The van der Waals surface area contributed by atoms with Gasteiger partial charge in [0.2, 0.25) is 0 Å². The van der Waals surface area contributed by atoms with E-state index >= 15 is 0 Å². The molecule has 0 saturated carbocycles. The summed E-state index contributed by atoms with van der Waals surface area (Å²) < 4.78 is 0. The highest BCUT2D eigenvalue weighted by Gasteiger charge is 2.08. The van der Waals surface area contributed by atoms with E-state index in [1.165, 1.54) is 22.3 Å². The molecule has 0 bridgehead atoms. The Bertz CT molecular complexity index is 715. The highest BCUT2D eigenvalue weighted by molar-refractivity contribution is 5.60. The van der Waals surface area contributed by atoms with Gasteiger partial charge >= 0.3 is 0 Å². The van der Waals surface area contributed by atoms with Crippen molar-refractivity contribution in [3.63, 3.8) is 0 Å². The number of benzene rings is 2. The maximum atomic E-state index is 4.52. The van der Waals surface area contributed by atoms with Crippen molar-refractivity contribution in [1.82, 2.24) is 0 Å². The van der Waals surface area contributed by atoms with Crippen LogP contribution < -0.4 is 0 Å². The molecule has 0 spiro atoms. The lowest BCUT2D eigenvalue weighted by Crippen LogP contribution is -1.93. The standard InChI is InChI=1S/C25H34N2/c1-16(2)20-9-21(17(3)4)12-24(11-20)26-15-27-25-13-22(18(5)6)10-23(14-25)19(7)8/h9-14,16-19H,1-8H3. The zero-order valence-corrected chi connectivity index (χ0v) is 18.2. The lowest BCUT2D eigenvalue weighted by Gasteiger charge is -2.12. The van der Waals surface area contributed by atoms with Crippen LogP contribution in [-0.4, -0.2) is 6.01 Å². The number of hydrogen-bond acceptors (Lipinski definition) is 2. The van der Waals surface area contributed by atoms with Gasteiger partial charge in [-0.05, 0) is 70.2 Å². The van der Waals surface area contributed by atoms with Gasteiger partial charge < -0.3 is 0 Å². The molecule has 0 saturated heterocycles. The molecule has 0 aliphatic rings. The number of aliphatic imine (C=N–C) groups is 2. The molecule has 0 radical (unpaired) electrons. The molecular weight excluding hydrogens is 328 g/mol. The van der Waals surface area contributed by atoms with Gasteiger partial charge in [-0.1, -0.05) is 67.5 Å². The van der Waals surface area contributed by atoms with Gasteiger partial charge in [-0.2, -0.15) is 9.98 Å². The number of nitrogens with zero attached hydrogens (tertiary/aromatic N) is 2. The van der Waals surface area contributed by atoms with Crippen molar-refractivity contribution in [2.24, 2.45) is 9.98 Å². The minimum Gasteiger partial charge on any atom is -0.188 e. The maximum Gasteiger partial charge on any atom is 0.100 e. The van der Waals surface area contributed by atoms with E-state index in [0.717, 1.165) is 11.4 Å². The lowest BCUT2D eigenvalue weighted by molar-refractivity contribution is 0.834. The van der Waals surface area contributed by atoms with Crippen molar-refractivity contribution >= 4 is 17.4 Å². The average molecular weight is 363 g/mol. The summed E-state index contributed by atoms with van der Waals surface area (Å²) in [6.07, 6.45) is 0. The maximum absolute atomic E-state index is 4.52. The van der Waals surface area contributed by atoms with Gasteiger partial charge in [-0.25, -0.2) is 0 Å². The van der Waals surface area contributed by atoms with Crippen LogP contribution in [-0.2, 0) is 0 Å². The normalized spacial score (nSPS) is 11.4. The van der Waals surface area contributed by atoms with Crippen molar-refractivity contribution < 1.29 is 0 Å². The van der Waals surface area contributed by atoms with Crippen LogP contribution in [0.1, 0.15) is 101 Å². The van der Waals surface area contributed by atoms with Gasteiger partial charge in [-0.3, -0.25) is 0 Å². The van der Waals surface area contributed by atoms with E-state index < -0.39 is 0 Å². The summed E-state index contributed by atoms with van der Waals surface area (Å²) >= 11 is 0. The molecular formula is C25H34N2. The third kappa shape index (κ3) is 5.91. The lowest BCUT2D eigenvalue weighted by atomic mass is 9.95. The predicted molar refractivity (Wildman–Crippen MR) is 118 cm³/mol. The van der Waals surface area contributed by atoms with E-state index in [1.807, 2.05) is 0 Å². The summed E-state index contributed by atoms with van der Waals surface area (Å²) in [6.45, 7) is 17.7. The Hall–Kier alpha value is -2.18. The van der Waals surface area contributed by atoms with E-state index in [2.05, 4.69) is 108 Å². The van der Waals surface area contributed by atoms with Gasteiger partial charge in [0.1, 0.15) is 6.01 Å². The number of hydrogen-bond donors (Lipinski definition) is 0. The first-order chi connectivity index (χ1) is 12.7. The third-order valence-electron chi connectivity index (χ3n) is 4.95. The van der Waals surface area contributed by atoms with Crippen molar-refractivity contribution in [1.29, 1.82) is 0 Å².